The molecule has 7 nitrogen and oxygen atoms in total. The lowest BCUT2D eigenvalue weighted by Crippen LogP contribution is -2.42. The Labute approximate surface area is 149 Å². The normalized spacial score (nSPS) is 20.3. The van der Waals surface area contributed by atoms with Crippen molar-refractivity contribution >= 4 is 23.3 Å². The Morgan fingerprint density at radius 3 is 2.80 bits per heavy atom. The van der Waals surface area contributed by atoms with E-state index in [2.05, 4.69) is 25.6 Å². The van der Waals surface area contributed by atoms with Crippen molar-refractivity contribution in [2.75, 3.05) is 5.32 Å². The highest BCUT2D eigenvalue weighted by molar-refractivity contribution is 6.28. The minimum Gasteiger partial charge on any atom is -0.445 e. The fraction of sp³-hybridized carbons (Fsp3) is 0.500. The molecule has 0 saturated heterocycles. The van der Waals surface area contributed by atoms with Crippen LogP contribution in [-0.2, 0) is 0 Å². The molecule has 0 radical (unpaired) electrons. The van der Waals surface area contributed by atoms with Gasteiger partial charge in [0.15, 0.2) is 23.2 Å². The van der Waals surface area contributed by atoms with Gasteiger partial charge in [0, 0.05) is 19.0 Å². The Balaban J connectivity index is 1.62. The van der Waals surface area contributed by atoms with E-state index in [0.717, 1.165) is 25.5 Å². The van der Waals surface area contributed by atoms with Gasteiger partial charge in [0.05, 0.1) is 6.20 Å². The molecule has 0 spiro atoms. The molecule has 2 aromatic rings. The van der Waals surface area contributed by atoms with E-state index in [1.54, 1.807) is 13.8 Å². The van der Waals surface area contributed by atoms with Gasteiger partial charge in [-0.05, 0) is 44.2 Å². The zero-order valence-electron chi connectivity index (χ0n) is 14.0. The van der Waals surface area contributed by atoms with Crippen LogP contribution in [-0.4, -0.2) is 32.9 Å². The van der Waals surface area contributed by atoms with Crippen LogP contribution in [0.2, 0.25) is 5.28 Å². The average Bonchev–Trinajstić information content (AvgIpc) is 2.90. The van der Waals surface area contributed by atoms with Gasteiger partial charge in [0.25, 0.3) is 5.91 Å². The van der Waals surface area contributed by atoms with Gasteiger partial charge < -0.3 is 15.1 Å². The van der Waals surface area contributed by atoms with Crippen molar-refractivity contribution in [1.29, 1.82) is 0 Å². The molecule has 1 fully saturated rings. The van der Waals surface area contributed by atoms with E-state index < -0.39 is 5.82 Å². The summed E-state index contributed by atoms with van der Waals surface area (Å²) in [7, 11) is 0. The van der Waals surface area contributed by atoms with Crippen molar-refractivity contribution in [2.45, 2.75) is 51.6 Å². The third-order valence-corrected chi connectivity index (χ3v) is 4.37. The first-order valence-electron chi connectivity index (χ1n) is 8.12. The zero-order chi connectivity index (χ0) is 18.0. The fourth-order valence-corrected chi connectivity index (χ4v) is 3.22. The number of nitrogens with zero attached hydrogens (tertiary/aromatic N) is 3. The van der Waals surface area contributed by atoms with Crippen molar-refractivity contribution in [1.82, 2.24) is 20.3 Å². The van der Waals surface area contributed by atoms with Crippen LogP contribution in [0.15, 0.2) is 10.6 Å². The Morgan fingerprint density at radius 1 is 1.32 bits per heavy atom. The summed E-state index contributed by atoms with van der Waals surface area (Å²) >= 11 is 5.71. The van der Waals surface area contributed by atoms with Crippen molar-refractivity contribution in [3.8, 4) is 0 Å². The number of aromatic nitrogens is 3. The smallest absolute Gasteiger partial charge is 0.273 e. The summed E-state index contributed by atoms with van der Waals surface area (Å²) in [5.74, 6) is 0.237. The van der Waals surface area contributed by atoms with Crippen LogP contribution in [0.5, 0.6) is 0 Å². The van der Waals surface area contributed by atoms with Gasteiger partial charge in [-0.25, -0.2) is 14.4 Å². The first-order valence-corrected chi connectivity index (χ1v) is 8.49. The number of aryl methyl sites for hydroxylation is 2. The molecule has 0 aliphatic heterocycles. The lowest BCUT2D eigenvalue weighted by atomic mass is 9.91. The van der Waals surface area contributed by atoms with Crippen LogP contribution in [0.3, 0.4) is 0 Å². The number of rotatable bonds is 4. The number of carbonyl (C=O) groups is 1. The monoisotopic (exact) mass is 367 g/mol. The highest BCUT2D eigenvalue weighted by atomic mass is 35.5. The van der Waals surface area contributed by atoms with E-state index in [1.165, 1.54) is 0 Å². The first kappa shape index (κ1) is 17.6. The molecule has 1 aliphatic rings. The predicted octanol–water partition coefficient (Wildman–Crippen LogP) is 3.03. The van der Waals surface area contributed by atoms with Gasteiger partial charge in [-0.15, -0.1) is 0 Å². The summed E-state index contributed by atoms with van der Waals surface area (Å²) in [6.45, 7) is 3.41. The molecule has 25 heavy (non-hydrogen) atoms. The van der Waals surface area contributed by atoms with E-state index in [4.69, 9.17) is 16.0 Å². The first-order chi connectivity index (χ1) is 11.9. The Bertz CT molecular complexity index is 782. The van der Waals surface area contributed by atoms with Crippen LogP contribution < -0.4 is 10.6 Å². The fourth-order valence-electron chi connectivity index (χ4n) is 3.09. The summed E-state index contributed by atoms with van der Waals surface area (Å²) in [5.41, 5.74) is 0.307. The molecule has 1 saturated carbocycles. The Morgan fingerprint density at radius 2 is 2.08 bits per heavy atom. The van der Waals surface area contributed by atoms with Crippen molar-refractivity contribution in [2.24, 2.45) is 0 Å². The third kappa shape index (κ3) is 4.25. The summed E-state index contributed by atoms with van der Waals surface area (Å²) < 4.78 is 19.1. The number of amides is 1. The van der Waals surface area contributed by atoms with Crippen LogP contribution in [0.4, 0.5) is 10.2 Å². The van der Waals surface area contributed by atoms with Crippen LogP contribution >= 0.6 is 11.6 Å². The molecule has 1 amide bonds. The predicted molar refractivity (Wildman–Crippen MR) is 90.1 cm³/mol. The van der Waals surface area contributed by atoms with Gasteiger partial charge in [-0.3, -0.25) is 4.79 Å². The van der Waals surface area contributed by atoms with Gasteiger partial charge in [-0.1, -0.05) is 0 Å². The standard InChI is InChI=1S/C16H19ClFN5O2/c1-8-13(20-9(2)25-8)15(24)22-11-5-3-4-10(6-11)21-14-12(18)7-19-16(17)23-14/h7,10-11H,3-6H2,1-2H3,(H,22,24)(H,19,21,23)/t10-,11+/m1/s1. The second-order valence-electron chi connectivity index (χ2n) is 6.15. The highest BCUT2D eigenvalue weighted by Gasteiger charge is 2.26. The minimum atomic E-state index is -0.552. The van der Waals surface area contributed by atoms with Crippen molar-refractivity contribution in [3.05, 3.63) is 34.6 Å². The SMILES string of the molecule is Cc1nc(C(=O)N[C@H]2CCC[C@@H](Nc3nc(Cl)ncc3F)C2)c(C)o1. The maximum Gasteiger partial charge on any atom is 0.273 e. The van der Waals surface area contributed by atoms with Crippen LogP contribution in [0.1, 0.15) is 47.8 Å². The highest BCUT2D eigenvalue weighted by Crippen LogP contribution is 2.23. The quantitative estimate of drug-likeness (QED) is 0.807. The number of nitrogens with one attached hydrogen (secondary N) is 2. The van der Waals surface area contributed by atoms with E-state index in [0.29, 0.717) is 23.8 Å². The lowest BCUT2D eigenvalue weighted by molar-refractivity contribution is 0.0920. The lowest BCUT2D eigenvalue weighted by Gasteiger charge is -2.30. The number of anilines is 1. The second-order valence-corrected chi connectivity index (χ2v) is 6.49. The number of halogens is 2. The number of hydrogen-bond donors (Lipinski definition) is 2. The molecule has 2 heterocycles. The molecule has 2 aromatic heterocycles. The molecule has 0 unspecified atom stereocenters. The van der Waals surface area contributed by atoms with Gasteiger partial charge in [0.2, 0.25) is 5.28 Å². The Hall–Kier alpha value is -2.22. The molecular weight excluding hydrogens is 349 g/mol. The topological polar surface area (TPSA) is 92.9 Å². The second kappa shape index (κ2) is 7.35. The maximum atomic E-state index is 13.8. The number of carbonyl (C=O) groups excluding carboxylic acids is 1. The largest absolute Gasteiger partial charge is 0.445 e. The van der Waals surface area contributed by atoms with Gasteiger partial charge in [0.1, 0.15) is 5.76 Å². The molecule has 0 aromatic carbocycles. The molecule has 2 atom stereocenters. The van der Waals surface area contributed by atoms with Crippen molar-refractivity contribution < 1.29 is 13.6 Å². The van der Waals surface area contributed by atoms with Gasteiger partial charge >= 0.3 is 0 Å². The molecule has 1 aliphatic carbocycles. The van der Waals surface area contributed by atoms with Crippen LogP contribution in [0, 0.1) is 19.7 Å². The summed E-state index contributed by atoms with van der Waals surface area (Å²) in [6, 6.07) is -0.0461. The Kier molecular flexibility index (Phi) is 5.17. The molecule has 0 bridgehead atoms. The molecule has 9 heteroatoms. The molecular formula is C16H19ClFN5O2. The molecule has 3 rings (SSSR count). The average molecular weight is 368 g/mol. The third-order valence-electron chi connectivity index (χ3n) is 4.18. The maximum absolute atomic E-state index is 13.8. The number of hydrogen-bond acceptors (Lipinski definition) is 6. The minimum absolute atomic E-state index is 0.0126. The number of oxazole rings is 1. The van der Waals surface area contributed by atoms with Crippen molar-refractivity contribution in [3.63, 3.8) is 0 Å². The molecule has 2 N–H and O–H groups in total. The van der Waals surface area contributed by atoms with E-state index in [-0.39, 0.29) is 29.1 Å². The van der Waals surface area contributed by atoms with Crippen LogP contribution in [0.25, 0.3) is 0 Å². The van der Waals surface area contributed by atoms with E-state index in [1.807, 2.05) is 0 Å². The summed E-state index contributed by atoms with van der Waals surface area (Å²) in [4.78, 5) is 23.9. The van der Waals surface area contributed by atoms with E-state index >= 15 is 0 Å². The summed E-state index contributed by atoms with van der Waals surface area (Å²) in [5, 5.41) is 6.02. The zero-order valence-corrected chi connectivity index (χ0v) is 14.7. The van der Waals surface area contributed by atoms with Gasteiger partial charge in [-0.2, -0.15) is 4.98 Å². The molecule has 134 valence electrons. The summed E-state index contributed by atoms with van der Waals surface area (Å²) in [6.07, 6.45) is 4.31. The van der Waals surface area contributed by atoms with E-state index in [9.17, 15) is 9.18 Å².